The number of carbonyl (C=O) groups is 2. The van der Waals surface area contributed by atoms with Crippen molar-refractivity contribution in [1.82, 2.24) is 10.2 Å². The highest BCUT2D eigenvalue weighted by Gasteiger charge is 2.22. The molecule has 4 heteroatoms. The Labute approximate surface area is 96.4 Å². The third-order valence-electron chi connectivity index (χ3n) is 3.49. The molecule has 1 N–H and O–H groups in total. The van der Waals surface area contributed by atoms with E-state index in [1.165, 1.54) is 12.8 Å². The minimum Gasteiger partial charge on any atom is -0.353 e. The maximum atomic E-state index is 11.7. The summed E-state index contributed by atoms with van der Waals surface area (Å²) in [5, 5.41) is 2.95. The SMILES string of the molecule is O=C(CC(=O)N1CCCC1)NC1CCCC1. The molecule has 0 unspecified atom stereocenters. The molecule has 1 saturated carbocycles. The third kappa shape index (κ3) is 2.97. The summed E-state index contributed by atoms with van der Waals surface area (Å²) in [6.45, 7) is 1.66. The zero-order chi connectivity index (χ0) is 11.4. The Kier molecular flexibility index (Phi) is 3.80. The van der Waals surface area contributed by atoms with E-state index >= 15 is 0 Å². The van der Waals surface area contributed by atoms with E-state index in [-0.39, 0.29) is 18.2 Å². The second-order valence-electron chi connectivity index (χ2n) is 4.81. The van der Waals surface area contributed by atoms with Gasteiger partial charge in [0.25, 0.3) is 0 Å². The molecule has 0 aromatic heterocycles. The molecular weight excluding hydrogens is 204 g/mol. The second kappa shape index (κ2) is 5.32. The van der Waals surface area contributed by atoms with Crippen LogP contribution in [0.15, 0.2) is 0 Å². The van der Waals surface area contributed by atoms with E-state index in [0.717, 1.165) is 38.8 Å². The Balaban J connectivity index is 1.71. The molecule has 2 amide bonds. The van der Waals surface area contributed by atoms with Gasteiger partial charge in [0.2, 0.25) is 11.8 Å². The van der Waals surface area contributed by atoms with Crippen LogP contribution in [0.2, 0.25) is 0 Å². The zero-order valence-corrected chi connectivity index (χ0v) is 9.71. The molecule has 2 aliphatic rings. The largest absolute Gasteiger partial charge is 0.353 e. The van der Waals surface area contributed by atoms with Gasteiger partial charge >= 0.3 is 0 Å². The molecular formula is C12H20N2O2. The van der Waals surface area contributed by atoms with Crippen molar-refractivity contribution in [3.63, 3.8) is 0 Å². The monoisotopic (exact) mass is 224 g/mol. The van der Waals surface area contributed by atoms with Crippen LogP contribution in [0.1, 0.15) is 44.9 Å². The fourth-order valence-electron chi connectivity index (χ4n) is 2.56. The molecule has 1 aliphatic heterocycles. The lowest BCUT2D eigenvalue weighted by molar-refractivity contribution is -0.135. The summed E-state index contributed by atoms with van der Waals surface area (Å²) in [4.78, 5) is 25.1. The van der Waals surface area contributed by atoms with Gasteiger partial charge in [-0.1, -0.05) is 12.8 Å². The number of amides is 2. The maximum Gasteiger partial charge on any atom is 0.232 e. The van der Waals surface area contributed by atoms with E-state index in [4.69, 9.17) is 0 Å². The lowest BCUT2D eigenvalue weighted by Crippen LogP contribution is -2.37. The van der Waals surface area contributed by atoms with Crippen LogP contribution in [0.25, 0.3) is 0 Å². The fraction of sp³-hybridized carbons (Fsp3) is 0.833. The Morgan fingerprint density at radius 1 is 1.06 bits per heavy atom. The average Bonchev–Trinajstić information content (AvgIpc) is 2.88. The topological polar surface area (TPSA) is 49.4 Å². The molecule has 0 atom stereocenters. The van der Waals surface area contributed by atoms with E-state index < -0.39 is 0 Å². The Hall–Kier alpha value is -1.06. The number of nitrogens with one attached hydrogen (secondary N) is 1. The van der Waals surface area contributed by atoms with E-state index in [2.05, 4.69) is 5.32 Å². The molecule has 0 bridgehead atoms. The van der Waals surface area contributed by atoms with Crippen molar-refractivity contribution in [3.05, 3.63) is 0 Å². The number of likely N-dealkylation sites (tertiary alicyclic amines) is 1. The molecule has 0 aromatic rings. The zero-order valence-electron chi connectivity index (χ0n) is 9.71. The highest BCUT2D eigenvalue weighted by molar-refractivity contribution is 5.97. The molecule has 0 aromatic carbocycles. The van der Waals surface area contributed by atoms with Crippen LogP contribution in [0, 0.1) is 0 Å². The van der Waals surface area contributed by atoms with Crippen LogP contribution in [0.4, 0.5) is 0 Å². The average molecular weight is 224 g/mol. The van der Waals surface area contributed by atoms with Crippen LogP contribution >= 0.6 is 0 Å². The third-order valence-corrected chi connectivity index (χ3v) is 3.49. The van der Waals surface area contributed by atoms with Crippen LogP contribution in [-0.2, 0) is 9.59 Å². The Bertz CT molecular complexity index is 266. The smallest absolute Gasteiger partial charge is 0.232 e. The second-order valence-corrected chi connectivity index (χ2v) is 4.81. The molecule has 1 saturated heterocycles. The van der Waals surface area contributed by atoms with Crippen LogP contribution in [-0.4, -0.2) is 35.8 Å². The van der Waals surface area contributed by atoms with Gasteiger partial charge in [-0.2, -0.15) is 0 Å². The molecule has 1 heterocycles. The van der Waals surface area contributed by atoms with Crippen molar-refractivity contribution in [2.45, 2.75) is 51.0 Å². The first kappa shape index (κ1) is 11.4. The highest BCUT2D eigenvalue weighted by atomic mass is 16.2. The summed E-state index contributed by atoms with van der Waals surface area (Å²) >= 11 is 0. The van der Waals surface area contributed by atoms with E-state index in [0.29, 0.717) is 6.04 Å². The molecule has 1 aliphatic carbocycles. The van der Waals surface area contributed by atoms with Crippen LogP contribution in [0.5, 0.6) is 0 Å². The van der Waals surface area contributed by atoms with Gasteiger partial charge in [0.1, 0.15) is 6.42 Å². The molecule has 90 valence electrons. The Morgan fingerprint density at radius 2 is 1.69 bits per heavy atom. The van der Waals surface area contributed by atoms with E-state index in [1.807, 2.05) is 0 Å². The summed E-state index contributed by atoms with van der Waals surface area (Å²) in [5.74, 6) is -0.100. The number of hydrogen-bond acceptors (Lipinski definition) is 2. The summed E-state index contributed by atoms with van der Waals surface area (Å²) in [7, 11) is 0. The van der Waals surface area contributed by atoms with E-state index in [9.17, 15) is 9.59 Å². The fourth-order valence-corrected chi connectivity index (χ4v) is 2.56. The van der Waals surface area contributed by atoms with Gasteiger partial charge in [-0.25, -0.2) is 0 Å². The molecule has 0 radical (unpaired) electrons. The molecule has 4 nitrogen and oxygen atoms in total. The predicted octanol–water partition coefficient (Wildman–Crippen LogP) is 1.06. The molecule has 16 heavy (non-hydrogen) atoms. The summed E-state index contributed by atoms with van der Waals surface area (Å²) in [6, 6.07) is 0.318. The van der Waals surface area contributed by atoms with Gasteiger partial charge in [-0.15, -0.1) is 0 Å². The van der Waals surface area contributed by atoms with Gasteiger partial charge in [0, 0.05) is 19.1 Å². The first-order chi connectivity index (χ1) is 7.75. The number of carbonyl (C=O) groups excluding carboxylic acids is 2. The summed E-state index contributed by atoms with van der Waals surface area (Å²) in [6.07, 6.45) is 6.74. The van der Waals surface area contributed by atoms with Crippen molar-refractivity contribution in [3.8, 4) is 0 Å². The normalized spacial score (nSPS) is 21.4. The van der Waals surface area contributed by atoms with Crippen LogP contribution in [0.3, 0.4) is 0 Å². The van der Waals surface area contributed by atoms with Gasteiger partial charge in [0.05, 0.1) is 0 Å². The molecule has 0 spiro atoms. The Morgan fingerprint density at radius 3 is 2.31 bits per heavy atom. The van der Waals surface area contributed by atoms with Crippen molar-refractivity contribution in [1.29, 1.82) is 0 Å². The molecule has 2 fully saturated rings. The lowest BCUT2D eigenvalue weighted by atomic mass is 10.2. The summed E-state index contributed by atoms with van der Waals surface area (Å²) < 4.78 is 0. The lowest BCUT2D eigenvalue weighted by Gasteiger charge is -2.16. The maximum absolute atomic E-state index is 11.7. The van der Waals surface area contributed by atoms with Crippen molar-refractivity contribution >= 4 is 11.8 Å². The van der Waals surface area contributed by atoms with Gasteiger partial charge in [-0.05, 0) is 25.7 Å². The number of nitrogens with zero attached hydrogens (tertiary/aromatic N) is 1. The first-order valence-electron chi connectivity index (χ1n) is 6.33. The van der Waals surface area contributed by atoms with Crippen molar-refractivity contribution < 1.29 is 9.59 Å². The van der Waals surface area contributed by atoms with Crippen LogP contribution < -0.4 is 5.32 Å². The van der Waals surface area contributed by atoms with Gasteiger partial charge in [-0.3, -0.25) is 9.59 Å². The minimum absolute atomic E-state index is 0.00648. The number of hydrogen-bond donors (Lipinski definition) is 1. The summed E-state index contributed by atoms with van der Waals surface area (Å²) in [5.41, 5.74) is 0. The standard InChI is InChI=1S/C12H20N2O2/c15-11(13-10-5-1-2-6-10)9-12(16)14-7-3-4-8-14/h10H,1-9H2,(H,13,15). The predicted molar refractivity (Wildman–Crippen MR) is 60.8 cm³/mol. The van der Waals surface area contributed by atoms with Gasteiger partial charge < -0.3 is 10.2 Å². The van der Waals surface area contributed by atoms with Gasteiger partial charge in [0.15, 0.2) is 0 Å². The highest BCUT2D eigenvalue weighted by Crippen LogP contribution is 2.17. The quantitative estimate of drug-likeness (QED) is 0.729. The first-order valence-corrected chi connectivity index (χ1v) is 6.33. The number of rotatable bonds is 3. The minimum atomic E-state index is -0.0937. The molecule has 2 rings (SSSR count). The van der Waals surface area contributed by atoms with E-state index in [1.54, 1.807) is 4.90 Å². The van der Waals surface area contributed by atoms with Crippen molar-refractivity contribution in [2.24, 2.45) is 0 Å². The van der Waals surface area contributed by atoms with Crippen molar-refractivity contribution in [2.75, 3.05) is 13.1 Å².